The Kier molecular flexibility index (Phi) is 5.39. The van der Waals surface area contributed by atoms with E-state index in [4.69, 9.17) is 9.47 Å². The van der Waals surface area contributed by atoms with E-state index in [1.165, 1.54) is 30.5 Å². The van der Waals surface area contributed by atoms with Crippen molar-refractivity contribution in [1.82, 2.24) is 14.8 Å². The first kappa shape index (κ1) is 18.4. The number of rotatable bonds is 6. The van der Waals surface area contributed by atoms with Gasteiger partial charge in [0.1, 0.15) is 0 Å². The highest BCUT2D eigenvalue weighted by atomic mass is 19.2. The van der Waals surface area contributed by atoms with Crippen molar-refractivity contribution in [2.75, 3.05) is 13.2 Å². The first-order valence-corrected chi connectivity index (χ1v) is 7.94. The lowest BCUT2D eigenvalue weighted by Gasteiger charge is -2.07. The standard InChI is InChI=1S/C18H14F3N3O3/c1-2-26-17(25)10-27-16-9-15(11-5-6-12(19)14(21)8-11)24(23-16)18-13(20)4-3-7-22-18/h3-9H,2,10H2,1H3. The van der Waals surface area contributed by atoms with E-state index >= 15 is 0 Å². The summed E-state index contributed by atoms with van der Waals surface area (Å²) in [4.78, 5) is 15.4. The third-order valence-corrected chi connectivity index (χ3v) is 3.49. The summed E-state index contributed by atoms with van der Waals surface area (Å²) in [6, 6.07) is 7.13. The second-order valence-electron chi connectivity index (χ2n) is 5.31. The van der Waals surface area contributed by atoms with Gasteiger partial charge >= 0.3 is 5.97 Å². The molecule has 27 heavy (non-hydrogen) atoms. The van der Waals surface area contributed by atoms with Gasteiger partial charge in [-0.25, -0.2) is 27.6 Å². The van der Waals surface area contributed by atoms with Gasteiger partial charge in [0.15, 0.2) is 29.9 Å². The lowest BCUT2D eigenvalue weighted by Crippen LogP contribution is -2.15. The minimum Gasteiger partial charge on any atom is -0.465 e. The van der Waals surface area contributed by atoms with E-state index < -0.39 is 30.0 Å². The van der Waals surface area contributed by atoms with Gasteiger partial charge in [0.2, 0.25) is 5.88 Å². The number of hydrogen-bond donors (Lipinski definition) is 0. The molecule has 0 bridgehead atoms. The van der Waals surface area contributed by atoms with Gasteiger partial charge in [-0.05, 0) is 37.3 Å². The third-order valence-electron chi connectivity index (χ3n) is 3.49. The fourth-order valence-corrected chi connectivity index (χ4v) is 2.32. The fourth-order valence-electron chi connectivity index (χ4n) is 2.32. The Balaban J connectivity index is 2.03. The van der Waals surface area contributed by atoms with Crippen LogP contribution in [0.1, 0.15) is 6.92 Å². The van der Waals surface area contributed by atoms with Crippen LogP contribution in [-0.2, 0) is 9.53 Å². The number of carbonyl (C=O) groups is 1. The molecule has 0 radical (unpaired) electrons. The predicted octanol–water partition coefficient (Wildman–Crippen LogP) is 3.29. The summed E-state index contributed by atoms with van der Waals surface area (Å²) < 4.78 is 52.1. The van der Waals surface area contributed by atoms with Crippen molar-refractivity contribution >= 4 is 5.97 Å². The molecule has 3 rings (SSSR count). The zero-order chi connectivity index (χ0) is 19.4. The first-order valence-electron chi connectivity index (χ1n) is 7.94. The Morgan fingerprint density at radius 2 is 1.93 bits per heavy atom. The molecule has 1 aromatic carbocycles. The van der Waals surface area contributed by atoms with E-state index in [0.717, 1.165) is 16.8 Å². The molecule has 6 nitrogen and oxygen atoms in total. The second-order valence-corrected chi connectivity index (χ2v) is 5.31. The van der Waals surface area contributed by atoms with Crippen molar-refractivity contribution in [2.24, 2.45) is 0 Å². The van der Waals surface area contributed by atoms with Crippen LogP contribution in [0.15, 0.2) is 42.6 Å². The summed E-state index contributed by atoms with van der Waals surface area (Å²) in [6.45, 7) is 1.43. The summed E-state index contributed by atoms with van der Waals surface area (Å²) in [5.41, 5.74) is 0.419. The van der Waals surface area contributed by atoms with Crippen LogP contribution in [0, 0.1) is 17.5 Å². The average Bonchev–Trinajstić information content (AvgIpc) is 3.07. The molecule has 140 valence electrons. The maximum Gasteiger partial charge on any atom is 0.344 e. The van der Waals surface area contributed by atoms with Crippen LogP contribution in [0.3, 0.4) is 0 Å². The van der Waals surface area contributed by atoms with Crippen LogP contribution < -0.4 is 4.74 Å². The Hall–Kier alpha value is -3.36. The largest absolute Gasteiger partial charge is 0.465 e. The summed E-state index contributed by atoms with van der Waals surface area (Å²) in [5, 5.41) is 4.07. The highest BCUT2D eigenvalue weighted by Gasteiger charge is 2.18. The summed E-state index contributed by atoms with van der Waals surface area (Å²) >= 11 is 0. The lowest BCUT2D eigenvalue weighted by atomic mass is 10.1. The van der Waals surface area contributed by atoms with E-state index in [1.54, 1.807) is 6.92 Å². The molecule has 0 fully saturated rings. The van der Waals surface area contributed by atoms with Gasteiger partial charge in [0.05, 0.1) is 12.3 Å². The van der Waals surface area contributed by atoms with Gasteiger partial charge in [-0.1, -0.05) is 0 Å². The number of carbonyl (C=O) groups excluding carboxylic acids is 1. The Labute approximate surface area is 152 Å². The van der Waals surface area contributed by atoms with Gasteiger partial charge in [0, 0.05) is 17.8 Å². The molecule has 2 aromatic heterocycles. The van der Waals surface area contributed by atoms with Crippen molar-refractivity contribution < 1.29 is 27.4 Å². The minimum absolute atomic E-state index is 0.0344. The quantitative estimate of drug-likeness (QED) is 0.617. The van der Waals surface area contributed by atoms with Crippen LogP contribution >= 0.6 is 0 Å². The molecule has 0 unspecified atom stereocenters. The summed E-state index contributed by atoms with van der Waals surface area (Å²) in [5.74, 6) is -3.58. The SMILES string of the molecule is CCOC(=O)COc1cc(-c2ccc(F)c(F)c2)n(-c2ncccc2F)n1. The van der Waals surface area contributed by atoms with Crippen LogP contribution in [-0.4, -0.2) is 33.9 Å². The second kappa shape index (κ2) is 7.90. The topological polar surface area (TPSA) is 66.2 Å². The van der Waals surface area contributed by atoms with Crippen molar-refractivity contribution in [3.05, 3.63) is 60.0 Å². The molecule has 0 amide bonds. The molecule has 0 aliphatic heterocycles. The maximum absolute atomic E-state index is 14.2. The summed E-state index contributed by atoms with van der Waals surface area (Å²) in [6.07, 6.45) is 1.36. The average molecular weight is 377 g/mol. The van der Waals surface area contributed by atoms with E-state index in [2.05, 4.69) is 10.1 Å². The first-order chi connectivity index (χ1) is 13.0. The zero-order valence-electron chi connectivity index (χ0n) is 14.2. The van der Waals surface area contributed by atoms with Crippen molar-refractivity contribution in [1.29, 1.82) is 0 Å². The van der Waals surface area contributed by atoms with Crippen LogP contribution in [0.25, 0.3) is 17.1 Å². The lowest BCUT2D eigenvalue weighted by molar-refractivity contribution is -0.145. The zero-order valence-corrected chi connectivity index (χ0v) is 14.2. The Bertz CT molecular complexity index is 975. The minimum atomic E-state index is -1.07. The van der Waals surface area contributed by atoms with Crippen LogP contribution in [0.4, 0.5) is 13.2 Å². The number of esters is 1. The molecule has 3 aromatic rings. The molecule has 0 spiro atoms. The van der Waals surface area contributed by atoms with E-state index in [9.17, 15) is 18.0 Å². The molecule has 0 saturated heterocycles. The molecule has 2 heterocycles. The highest BCUT2D eigenvalue weighted by Crippen LogP contribution is 2.28. The van der Waals surface area contributed by atoms with Gasteiger partial charge in [-0.15, -0.1) is 5.10 Å². The monoisotopic (exact) mass is 377 g/mol. The van der Waals surface area contributed by atoms with Gasteiger partial charge in [-0.2, -0.15) is 0 Å². The number of hydrogen-bond acceptors (Lipinski definition) is 5. The predicted molar refractivity (Wildman–Crippen MR) is 88.8 cm³/mol. The molecule has 0 N–H and O–H groups in total. The molecule has 0 aliphatic rings. The number of benzene rings is 1. The van der Waals surface area contributed by atoms with E-state index in [0.29, 0.717) is 0 Å². The number of aromatic nitrogens is 3. The smallest absolute Gasteiger partial charge is 0.344 e. The van der Waals surface area contributed by atoms with E-state index in [1.807, 2.05) is 0 Å². The van der Waals surface area contributed by atoms with Gasteiger partial charge in [-0.3, -0.25) is 0 Å². The van der Waals surface area contributed by atoms with Gasteiger partial charge in [0.25, 0.3) is 0 Å². The number of nitrogens with zero attached hydrogens (tertiary/aromatic N) is 3. The van der Waals surface area contributed by atoms with Crippen molar-refractivity contribution in [3.8, 4) is 23.0 Å². The van der Waals surface area contributed by atoms with E-state index in [-0.39, 0.29) is 29.6 Å². The normalized spacial score (nSPS) is 10.7. The van der Waals surface area contributed by atoms with Gasteiger partial charge < -0.3 is 9.47 Å². The van der Waals surface area contributed by atoms with Crippen molar-refractivity contribution in [2.45, 2.75) is 6.92 Å². The fraction of sp³-hybridized carbons (Fsp3) is 0.167. The van der Waals surface area contributed by atoms with Crippen molar-refractivity contribution in [3.63, 3.8) is 0 Å². The molecule has 0 saturated carbocycles. The third kappa shape index (κ3) is 4.08. The number of ether oxygens (including phenoxy) is 2. The molecular formula is C18H14F3N3O3. The highest BCUT2D eigenvalue weighted by molar-refractivity contribution is 5.71. The maximum atomic E-state index is 14.2. The number of pyridine rings is 1. The molecule has 0 aliphatic carbocycles. The van der Waals surface area contributed by atoms with Crippen LogP contribution in [0.5, 0.6) is 5.88 Å². The van der Waals surface area contributed by atoms with Crippen LogP contribution in [0.2, 0.25) is 0 Å². The molecular weight excluding hydrogens is 363 g/mol. The molecule has 0 atom stereocenters. The molecule has 9 heteroatoms. The number of halogens is 3. The Morgan fingerprint density at radius 1 is 1.11 bits per heavy atom. The Morgan fingerprint density at radius 3 is 2.63 bits per heavy atom. The summed E-state index contributed by atoms with van der Waals surface area (Å²) in [7, 11) is 0.